The maximum Gasteiger partial charge on any atom is 0.246 e. The second-order valence-electron chi connectivity index (χ2n) is 7.21. The summed E-state index contributed by atoms with van der Waals surface area (Å²) in [6, 6.07) is 15.8. The summed E-state index contributed by atoms with van der Waals surface area (Å²) in [4.78, 5) is 26.7. The Morgan fingerprint density at radius 2 is 1.63 bits per heavy atom. The molecule has 0 atom stereocenters. The smallest absolute Gasteiger partial charge is 0.246 e. The molecule has 1 N–H and O–H groups in total. The molecule has 2 aromatic carbocycles. The number of hydrogen-bond donors (Lipinski definition) is 1. The Balaban J connectivity index is 1.51. The molecule has 27 heavy (non-hydrogen) atoms. The molecular formula is C23H26N2O2. The third-order valence-corrected chi connectivity index (χ3v) is 4.88. The van der Waals surface area contributed by atoms with E-state index in [1.54, 1.807) is 6.08 Å². The zero-order valence-corrected chi connectivity index (χ0v) is 15.9. The predicted molar refractivity (Wildman–Crippen MR) is 109 cm³/mol. The summed E-state index contributed by atoms with van der Waals surface area (Å²) < 4.78 is 0. The average Bonchev–Trinajstić information content (AvgIpc) is 2.66. The highest BCUT2D eigenvalue weighted by Gasteiger charge is 2.26. The first kappa shape index (κ1) is 18.9. The maximum absolute atomic E-state index is 12.5. The summed E-state index contributed by atoms with van der Waals surface area (Å²) >= 11 is 0. The molecule has 2 aromatic rings. The zero-order chi connectivity index (χ0) is 19.2. The SMILES string of the molecule is Cc1cc(C)cc(NC(=O)C2CCN(C(=O)/C=C/c3ccccc3)CC2)c1. The Bertz CT molecular complexity index is 814. The van der Waals surface area contributed by atoms with E-state index in [2.05, 4.69) is 11.4 Å². The molecule has 0 spiro atoms. The number of piperidine rings is 1. The van der Waals surface area contributed by atoms with Crippen LogP contribution in [-0.4, -0.2) is 29.8 Å². The Morgan fingerprint density at radius 3 is 2.26 bits per heavy atom. The number of carbonyl (C=O) groups excluding carboxylic acids is 2. The second kappa shape index (κ2) is 8.67. The molecule has 0 aromatic heterocycles. The van der Waals surface area contributed by atoms with Crippen LogP contribution in [0, 0.1) is 19.8 Å². The summed E-state index contributed by atoms with van der Waals surface area (Å²) in [5, 5.41) is 3.03. The van der Waals surface area contributed by atoms with Crippen molar-refractivity contribution in [2.45, 2.75) is 26.7 Å². The molecule has 4 heteroatoms. The number of rotatable bonds is 4. The van der Waals surface area contributed by atoms with Crippen LogP contribution in [0.4, 0.5) is 5.69 Å². The predicted octanol–water partition coefficient (Wildman–Crippen LogP) is 4.19. The van der Waals surface area contributed by atoms with Gasteiger partial charge >= 0.3 is 0 Å². The minimum absolute atomic E-state index is 0.00650. The number of hydrogen-bond acceptors (Lipinski definition) is 2. The van der Waals surface area contributed by atoms with Gasteiger partial charge in [0.05, 0.1) is 0 Å². The molecule has 1 saturated heterocycles. The van der Waals surface area contributed by atoms with E-state index >= 15 is 0 Å². The van der Waals surface area contributed by atoms with Gasteiger partial charge in [0.25, 0.3) is 0 Å². The molecule has 0 radical (unpaired) electrons. The number of likely N-dealkylation sites (tertiary alicyclic amines) is 1. The Morgan fingerprint density at radius 1 is 1.00 bits per heavy atom. The number of carbonyl (C=O) groups is 2. The first-order valence-electron chi connectivity index (χ1n) is 9.42. The normalized spacial score (nSPS) is 15.1. The van der Waals surface area contributed by atoms with Crippen molar-refractivity contribution in [3.8, 4) is 0 Å². The van der Waals surface area contributed by atoms with Gasteiger partial charge in [-0.05, 0) is 61.6 Å². The molecule has 1 aliphatic heterocycles. The molecule has 4 nitrogen and oxygen atoms in total. The van der Waals surface area contributed by atoms with Gasteiger partial charge < -0.3 is 10.2 Å². The molecule has 0 aliphatic carbocycles. The number of anilines is 1. The molecule has 140 valence electrons. The summed E-state index contributed by atoms with van der Waals surface area (Å²) in [7, 11) is 0. The van der Waals surface area contributed by atoms with Crippen LogP contribution in [0.25, 0.3) is 6.08 Å². The largest absolute Gasteiger partial charge is 0.339 e. The monoisotopic (exact) mass is 362 g/mol. The quantitative estimate of drug-likeness (QED) is 0.829. The highest BCUT2D eigenvalue weighted by molar-refractivity contribution is 5.94. The van der Waals surface area contributed by atoms with Crippen LogP contribution in [0.1, 0.15) is 29.5 Å². The fourth-order valence-corrected chi connectivity index (χ4v) is 3.49. The minimum atomic E-state index is -0.0482. The van der Waals surface area contributed by atoms with Crippen LogP contribution >= 0.6 is 0 Å². The molecule has 1 aliphatic rings. The third-order valence-electron chi connectivity index (χ3n) is 4.88. The molecule has 0 bridgehead atoms. The fourth-order valence-electron chi connectivity index (χ4n) is 3.49. The lowest BCUT2D eigenvalue weighted by atomic mass is 9.95. The highest BCUT2D eigenvalue weighted by Crippen LogP contribution is 2.21. The van der Waals surface area contributed by atoms with E-state index < -0.39 is 0 Å². The van der Waals surface area contributed by atoms with Crippen molar-refractivity contribution >= 4 is 23.6 Å². The van der Waals surface area contributed by atoms with Crippen LogP contribution in [0.2, 0.25) is 0 Å². The zero-order valence-electron chi connectivity index (χ0n) is 15.9. The van der Waals surface area contributed by atoms with Crippen molar-refractivity contribution < 1.29 is 9.59 Å². The minimum Gasteiger partial charge on any atom is -0.339 e. The van der Waals surface area contributed by atoms with E-state index in [1.807, 2.05) is 67.3 Å². The summed E-state index contributed by atoms with van der Waals surface area (Å²) in [5.74, 6) is 0.00641. The Kier molecular flexibility index (Phi) is 6.07. The topological polar surface area (TPSA) is 49.4 Å². The van der Waals surface area contributed by atoms with E-state index in [9.17, 15) is 9.59 Å². The van der Waals surface area contributed by atoms with Gasteiger partial charge in [-0.1, -0.05) is 36.4 Å². The van der Waals surface area contributed by atoms with E-state index in [-0.39, 0.29) is 17.7 Å². The second-order valence-corrected chi connectivity index (χ2v) is 7.21. The van der Waals surface area contributed by atoms with Gasteiger partial charge in [-0.3, -0.25) is 9.59 Å². The maximum atomic E-state index is 12.5. The van der Waals surface area contributed by atoms with Crippen LogP contribution in [0.15, 0.2) is 54.6 Å². The molecule has 2 amide bonds. The molecule has 0 unspecified atom stereocenters. The van der Waals surface area contributed by atoms with Gasteiger partial charge in [-0.25, -0.2) is 0 Å². The number of nitrogens with zero attached hydrogens (tertiary/aromatic N) is 1. The lowest BCUT2D eigenvalue weighted by molar-refractivity contribution is -0.130. The van der Waals surface area contributed by atoms with Gasteiger partial charge in [-0.2, -0.15) is 0 Å². The standard InChI is InChI=1S/C23H26N2O2/c1-17-14-18(2)16-21(15-17)24-23(27)20-10-12-25(13-11-20)22(26)9-8-19-6-4-3-5-7-19/h3-9,14-16,20H,10-13H2,1-2H3,(H,24,27)/b9-8+. The molecule has 1 fully saturated rings. The number of aryl methyl sites for hydroxylation is 2. The summed E-state index contributed by atoms with van der Waals surface area (Å²) in [6.45, 7) is 5.28. The first-order chi connectivity index (χ1) is 13.0. The van der Waals surface area contributed by atoms with Crippen LogP contribution < -0.4 is 5.32 Å². The third kappa shape index (κ3) is 5.30. The van der Waals surface area contributed by atoms with Crippen molar-refractivity contribution in [2.75, 3.05) is 18.4 Å². The lowest BCUT2D eigenvalue weighted by Gasteiger charge is -2.30. The molecular weight excluding hydrogens is 336 g/mol. The number of amides is 2. The van der Waals surface area contributed by atoms with Gasteiger partial charge in [0.15, 0.2) is 0 Å². The number of benzene rings is 2. The van der Waals surface area contributed by atoms with E-state index in [0.717, 1.165) is 22.4 Å². The van der Waals surface area contributed by atoms with E-state index in [4.69, 9.17) is 0 Å². The number of nitrogens with one attached hydrogen (secondary N) is 1. The first-order valence-corrected chi connectivity index (χ1v) is 9.42. The van der Waals surface area contributed by atoms with Crippen molar-refractivity contribution in [1.29, 1.82) is 0 Å². The van der Waals surface area contributed by atoms with Crippen molar-refractivity contribution in [1.82, 2.24) is 4.90 Å². The Hall–Kier alpha value is -2.88. The van der Waals surface area contributed by atoms with E-state index in [1.165, 1.54) is 0 Å². The summed E-state index contributed by atoms with van der Waals surface area (Å²) in [6.07, 6.45) is 4.84. The van der Waals surface area contributed by atoms with E-state index in [0.29, 0.717) is 25.9 Å². The van der Waals surface area contributed by atoms with Gasteiger partial charge in [0.2, 0.25) is 11.8 Å². The van der Waals surface area contributed by atoms with Gasteiger partial charge in [0.1, 0.15) is 0 Å². The van der Waals surface area contributed by atoms with Crippen molar-refractivity contribution in [3.05, 3.63) is 71.3 Å². The fraction of sp³-hybridized carbons (Fsp3) is 0.304. The Labute approximate surface area is 160 Å². The van der Waals surface area contributed by atoms with Gasteiger partial charge in [0, 0.05) is 30.8 Å². The van der Waals surface area contributed by atoms with Crippen molar-refractivity contribution in [3.63, 3.8) is 0 Å². The average molecular weight is 362 g/mol. The van der Waals surface area contributed by atoms with Crippen molar-refractivity contribution in [2.24, 2.45) is 5.92 Å². The highest BCUT2D eigenvalue weighted by atomic mass is 16.2. The van der Waals surface area contributed by atoms with Crippen LogP contribution in [0.5, 0.6) is 0 Å². The molecule has 0 saturated carbocycles. The molecule has 1 heterocycles. The van der Waals surface area contributed by atoms with Gasteiger partial charge in [-0.15, -0.1) is 0 Å². The molecule has 3 rings (SSSR count). The van der Waals surface area contributed by atoms with Crippen LogP contribution in [0.3, 0.4) is 0 Å². The summed E-state index contributed by atoms with van der Waals surface area (Å²) in [5.41, 5.74) is 4.13. The van der Waals surface area contributed by atoms with Crippen LogP contribution in [-0.2, 0) is 9.59 Å². The lowest BCUT2D eigenvalue weighted by Crippen LogP contribution is -2.40.